The molecule has 112 valence electrons. The van der Waals surface area contributed by atoms with Gasteiger partial charge >= 0.3 is 0 Å². The summed E-state index contributed by atoms with van der Waals surface area (Å²) in [5, 5.41) is 13.5. The molecule has 0 aliphatic heterocycles. The molecule has 1 aromatic rings. The van der Waals surface area contributed by atoms with E-state index < -0.39 is 0 Å². The lowest BCUT2D eigenvalue weighted by atomic mass is 9.92. The Morgan fingerprint density at radius 1 is 1.10 bits per heavy atom. The van der Waals surface area contributed by atoms with Crippen LogP contribution in [-0.2, 0) is 6.54 Å². The summed E-state index contributed by atoms with van der Waals surface area (Å²) < 4.78 is 0. The summed E-state index contributed by atoms with van der Waals surface area (Å²) in [6.45, 7) is 7.30. The van der Waals surface area contributed by atoms with Crippen molar-refractivity contribution in [3.05, 3.63) is 29.8 Å². The molecule has 2 rings (SSSR count). The van der Waals surface area contributed by atoms with Gasteiger partial charge in [0.1, 0.15) is 0 Å². The van der Waals surface area contributed by atoms with Crippen LogP contribution in [0.5, 0.6) is 0 Å². The lowest BCUT2D eigenvalue weighted by Gasteiger charge is -2.28. The molecule has 2 unspecified atom stereocenters. The Bertz CT molecular complexity index is 386. The summed E-state index contributed by atoms with van der Waals surface area (Å²) in [5.74, 6) is 0. The van der Waals surface area contributed by atoms with Crippen LogP contribution in [0, 0.1) is 0 Å². The lowest BCUT2D eigenvalue weighted by Crippen LogP contribution is -2.41. The van der Waals surface area contributed by atoms with Crippen LogP contribution in [0.4, 0.5) is 5.69 Å². The summed E-state index contributed by atoms with van der Waals surface area (Å²) in [6.07, 6.45) is 4.27. The van der Waals surface area contributed by atoms with Crippen molar-refractivity contribution in [2.75, 3.05) is 18.0 Å². The first-order chi connectivity index (χ1) is 9.74. The van der Waals surface area contributed by atoms with Crippen LogP contribution in [0.3, 0.4) is 0 Å². The smallest absolute Gasteiger partial charge is 0.0693 e. The Hall–Kier alpha value is -1.06. The molecule has 2 N–H and O–H groups in total. The van der Waals surface area contributed by atoms with Gasteiger partial charge in [0.15, 0.2) is 0 Å². The quantitative estimate of drug-likeness (QED) is 0.838. The highest BCUT2D eigenvalue weighted by Crippen LogP contribution is 2.19. The molecule has 1 saturated carbocycles. The third-order valence-electron chi connectivity index (χ3n) is 4.36. The number of aliphatic hydroxyl groups is 1. The summed E-state index contributed by atoms with van der Waals surface area (Å²) >= 11 is 0. The summed E-state index contributed by atoms with van der Waals surface area (Å²) in [6, 6.07) is 9.04. The molecule has 3 nitrogen and oxygen atoms in total. The maximum atomic E-state index is 9.96. The van der Waals surface area contributed by atoms with E-state index in [1.54, 1.807) is 0 Å². The van der Waals surface area contributed by atoms with Gasteiger partial charge < -0.3 is 15.3 Å². The zero-order valence-electron chi connectivity index (χ0n) is 12.8. The number of nitrogens with zero attached hydrogens (tertiary/aromatic N) is 1. The minimum Gasteiger partial charge on any atom is -0.392 e. The number of hydrogen-bond acceptors (Lipinski definition) is 3. The van der Waals surface area contributed by atoms with Gasteiger partial charge in [0, 0.05) is 31.4 Å². The Balaban J connectivity index is 1.87. The molecule has 0 bridgehead atoms. The predicted octanol–water partition coefficient (Wildman–Crippen LogP) is 2.93. The largest absolute Gasteiger partial charge is 0.392 e. The normalized spacial score (nSPS) is 22.8. The van der Waals surface area contributed by atoms with Crippen LogP contribution in [0.1, 0.15) is 45.1 Å². The molecule has 3 heteroatoms. The number of hydrogen-bond donors (Lipinski definition) is 2. The van der Waals surface area contributed by atoms with Crippen LogP contribution < -0.4 is 10.2 Å². The monoisotopic (exact) mass is 276 g/mol. The van der Waals surface area contributed by atoms with E-state index >= 15 is 0 Å². The fourth-order valence-electron chi connectivity index (χ4n) is 3.01. The predicted molar refractivity (Wildman–Crippen MR) is 85.1 cm³/mol. The topological polar surface area (TPSA) is 35.5 Å². The van der Waals surface area contributed by atoms with Gasteiger partial charge in [0.2, 0.25) is 0 Å². The number of anilines is 1. The lowest BCUT2D eigenvalue weighted by molar-refractivity contribution is 0.0902. The van der Waals surface area contributed by atoms with Gasteiger partial charge in [0.25, 0.3) is 0 Å². The summed E-state index contributed by atoms with van der Waals surface area (Å²) in [5.41, 5.74) is 2.58. The average molecular weight is 276 g/mol. The van der Waals surface area contributed by atoms with Gasteiger partial charge in [0.05, 0.1) is 6.10 Å². The third-order valence-corrected chi connectivity index (χ3v) is 4.36. The van der Waals surface area contributed by atoms with Gasteiger partial charge in [-0.25, -0.2) is 0 Å². The molecule has 0 radical (unpaired) electrons. The molecule has 0 amide bonds. The first-order valence-electron chi connectivity index (χ1n) is 8.00. The fraction of sp³-hybridized carbons (Fsp3) is 0.647. The molecule has 1 aliphatic rings. The highest BCUT2D eigenvalue weighted by Gasteiger charge is 2.21. The number of aliphatic hydroxyl groups excluding tert-OH is 1. The van der Waals surface area contributed by atoms with Crippen molar-refractivity contribution in [2.24, 2.45) is 0 Å². The zero-order valence-corrected chi connectivity index (χ0v) is 12.8. The van der Waals surface area contributed by atoms with Crippen LogP contribution in [0.25, 0.3) is 0 Å². The number of rotatable bonds is 6. The summed E-state index contributed by atoms with van der Waals surface area (Å²) in [4.78, 5) is 2.35. The molecule has 0 aromatic heterocycles. The van der Waals surface area contributed by atoms with Gasteiger partial charge in [-0.1, -0.05) is 25.0 Å². The molecular formula is C17H28N2O. The molecule has 0 spiro atoms. The molecule has 1 aromatic carbocycles. The fourth-order valence-corrected chi connectivity index (χ4v) is 3.01. The van der Waals surface area contributed by atoms with Crippen molar-refractivity contribution in [1.29, 1.82) is 0 Å². The second kappa shape index (κ2) is 7.65. The van der Waals surface area contributed by atoms with Crippen LogP contribution >= 0.6 is 0 Å². The first-order valence-corrected chi connectivity index (χ1v) is 8.00. The van der Waals surface area contributed by atoms with Gasteiger partial charge in [-0.15, -0.1) is 0 Å². The van der Waals surface area contributed by atoms with Gasteiger partial charge in [-0.3, -0.25) is 0 Å². The van der Waals surface area contributed by atoms with E-state index in [0.29, 0.717) is 0 Å². The maximum Gasteiger partial charge on any atom is 0.0693 e. The molecule has 1 fully saturated rings. The van der Waals surface area contributed by atoms with Gasteiger partial charge in [-0.2, -0.15) is 0 Å². The Kier molecular flexibility index (Phi) is 5.86. The maximum absolute atomic E-state index is 9.96. The van der Waals surface area contributed by atoms with E-state index in [1.807, 2.05) is 0 Å². The third kappa shape index (κ3) is 3.97. The van der Waals surface area contributed by atoms with Crippen LogP contribution in [0.15, 0.2) is 24.3 Å². The van der Waals surface area contributed by atoms with Crippen molar-refractivity contribution in [3.8, 4) is 0 Å². The molecule has 0 saturated heterocycles. The van der Waals surface area contributed by atoms with Crippen molar-refractivity contribution in [3.63, 3.8) is 0 Å². The number of nitrogens with one attached hydrogen (secondary N) is 1. The van der Waals surface area contributed by atoms with Crippen molar-refractivity contribution in [1.82, 2.24) is 5.32 Å². The SMILES string of the molecule is CCN(CC)c1ccc(CNC2CCCCC2O)cc1. The Morgan fingerprint density at radius 2 is 1.75 bits per heavy atom. The second-order valence-corrected chi connectivity index (χ2v) is 5.68. The second-order valence-electron chi connectivity index (χ2n) is 5.68. The van der Waals surface area contributed by atoms with E-state index in [4.69, 9.17) is 0 Å². The average Bonchev–Trinajstić information content (AvgIpc) is 2.49. The van der Waals surface area contributed by atoms with E-state index in [2.05, 4.69) is 48.3 Å². The van der Waals surface area contributed by atoms with Crippen LogP contribution in [-0.4, -0.2) is 30.3 Å². The van der Waals surface area contributed by atoms with E-state index in [9.17, 15) is 5.11 Å². The molecule has 2 atom stereocenters. The van der Waals surface area contributed by atoms with E-state index in [0.717, 1.165) is 38.9 Å². The van der Waals surface area contributed by atoms with Gasteiger partial charge in [-0.05, 0) is 44.4 Å². The highest BCUT2D eigenvalue weighted by atomic mass is 16.3. The standard InChI is InChI=1S/C17H28N2O/c1-3-19(4-2)15-11-9-14(10-12-15)13-18-16-7-5-6-8-17(16)20/h9-12,16-18,20H,3-8,13H2,1-2H3. The zero-order chi connectivity index (χ0) is 14.4. The molecule has 0 heterocycles. The van der Waals surface area contributed by atoms with Crippen molar-refractivity contribution in [2.45, 2.75) is 58.2 Å². The van der Waals surface area contributed by atoms with Crippen molar-refractivity contribution < 1.29 is 5.11 Å². The summed E-state index contributed by atoms with van der Waals surface area (Å²) in [7, 11) is 0. The van der Waals surface area contributed by atoms with Crippen molar-refractivity contribution >= 4 is 5.69 Å². The molecule has 1 aliphatic carbocycles. The minimum atomic E-state index is -0.168. The minimum absolute atomic E-state index is 0.168. The highest BCUT2D eigenvalue weighted by molar-refractivity contribution is 5.47. The van der Waals surface area contributed by atoms with Crippen LogP contribution in [0.2, 0.25) is 0 Å². The number of benzene rings is 1. The van der Waals surface area contributed by atoms with E-state index in [1.165, 1.54) is 17.7 Å². The Morgan fingerprint density at radius 3 is 2.35 bits per heavy atom. The first kappa shape index (κ1) is 15.3. The molecule has 20 heavy (non-hydrogen) atoms. The molecular weight excluding hydrogens is 248 g/mol. The van der Waals surface area contributed by atoms with E-state index in [-0.39, 0.29) is 12.1 Å². The Labute approximate surface area is 123 Å².